The average Bonchev–Trinajstić information content (AvgIpc) is 2.96. The van der Waals surface area contributed by atoms with Crippen molar-refractivity contribution in [2.45, 2.75) is 0 Å². The first-order valence-corrected chi connectivity index (χ1v) is 7.58. The molecule has 1 heterocycles. The average molecular weight is 350 g/mol. The van der Waals surface area contributed by atoms with Gasteiger partial charge in [0, 0.05) is 12.6 Å². The quantitative estimate of drug-likeness (QED) is 0.760. The Morgan fingerprint density at radius 3 is 2.70 bits per heavy atom. The number of likely N-dealkylation sites (N-methyl/N-ethyl adjacent to an activating group) is 1. The minimum absolute atomic E-state index is 0.403. The van der Waals surface area contributed by atoms with Crippen molar-refractivity contribution in [2.75, 3.05) is 18.6 Å². The number of hydrogen-bond donors (Lipinski definition) is 2. The van der Waals surface area contributed by atoms with Gasteiger partial charge in [-0.15, -0.1) is 0 Å². The topological polar surface area (TPSA) is 69.2 Å². The number of carbonyl (C=O) groups excluding carboxylic acids is 1. The van der Waals surface area contributed by atoms with Crippen molar-refractivity contribution in [3.8, 4) is 11.4 Å². The molecule has 3 rings (SSSR count). The normalized spacial score (nSPS) is 11.0. The van der Waals surface area contributed by atoms with Crippen LogP contribution in [0, 0.1) is 0 Å². The lowest BCUT2D eigenvalue weighted by molar-refractivity contribution is -0.120. The molecule has 5 nitrogen and oxygen atoms in total. The molecule has 0 aliphatic heterocycles. The number of nitrogens with one attached hydrogen (secondary N) is 1. The number of H-pyrrole nitrogens is 1. The number of aliphatic hydroxyl groups is 1. The summed E-state index contributed by atoms with van der Waals surface area (Å²) in [5, 5.41) is 9.93. The number of hydrogen-bond acceptors (Lipinski definition) is 3. The van der Waals surface area contributed by atoms with Gasteiger partial charge < -0.3 is 15.0 Å². The van der Waals surface area contributed by atoms with E-state index >= 15 is 0 Å². The van der Waals surface area contributed by atoms with Crippen LogP contribution >= 0.6 is 23.2 Å². The van der Waals surface area contributed by atoms with Crippen LogP contribution in [0.15, 0.2) is 36.4 Å². The Hall–Kier alpha value is -2.08. The van der Waals surface area contributed by atoms with Crippen molar-refractivity contribution < 1.29 is 9.90 Å². The summed E-state index contributed by atoms with van der Waals surface area (Å²) in [6.07, 6.45) is 0. The van der Waals surface area contributed by atoms with Crippen LogP contribution in [0.3, 0.4) is 0 Å². The molecule has 118 valence electrons. The molecule has 0 fully saturated rings. The Kier molecular flexibility index (Phi) is 4.26. The molecule has 0 saturated carbocycles. The molecule has 0 unspecified atom stereocenters. The summed E-state index contributed by atoms with van der Waals surface area (Å²) < 4.78 is 0. The van der Waals surface area contributed by atoms with E-state index in [4.69, 9.17) is 28.3 Å². The van der Waals surface area contributed by atoms with Gasteiger partial charge in [0.1, 0.15) is 12.4 Å². The maximum absolute atomic E-state index is 11.8. The summed E-state index contributed by atoms with van der Waals surface area (Å²) in [4.78, 5) is 20.9. The fourth-order valence-corrected chi connectivity index (χ4v) is 2.66. The van der Waals surface area contributed by atoms with Gasteiger partial charge in [0.2, 0.25) is 0 Å². The second kappa shape index (κ2) is 6.20. The van der Waals surface area contributed by atoms with Gasteiger partial charge in [-0.3, -0.25) is 4.79 Å². The third-order valence-electron chi connectivity index (χ3n) is 3.55. The first-order chi connectivity index (χ1) is 11.0. The predicted molar refractivity (Wildman–Crippen MR) is 92.0 cm³/mol. The number of anilines is 1. The summed E-state index contributed by atoms with van der Waals surface area (Å²) in [7, 11) is 1.60. The van der Waals surface area contributed by atoms with Crippen LogP contribution in [0.25, 0.3) is 22.4 Å². The molecular weight excluding hydrogens is 337 g/mol. The van der Waals surface area contributed by atoms with Crippen LogP contribution in [0.1, 0.15) is 0 Å². The van der Waals surface area contributed by atoms with E-state index in [1.165, 1.54) is 4.90 Å². The fraction of sp³-hybridized carbons (Fsp3) is 0.125. The molecule has 0 saturated heterocycles. The molecular formula is C16H13Cl2N3O2. The molecule has 7 heteroatoms. The molecule has 0 radical (unpaired) electrons. The maximum Gasteiger partial charge on any atom is 0.252 e. The van der Waals surface area contributed by atoms with Gasteiger partial charge in [0.25, 0.3) is 5.91 Å². The first kappa shape index (κ1) is 15.8. The van der Waals surface area contributed by atoms with Gasteiger partial charge in [0.05, 0.1) is 26.8 Å². The Labute approximate surface area is 142 Å². The molecule has 1 amide bonds. The number of amides is 1. The molecule has 3 aromatic rings. The summed E-state index contributed by atoms with van der Waals surface area (Å²) in [5.41, 5.74) is 2.81. The third kappa shape index (κ3) is 2.91. The molecule has 2 aromatic carbocycles. The van der Waals surface area contributed by atoms with E-state index in [1.807, 2.05) is 18.2 Å². The second-order valence-corrected chi connectivity index (χ2v) is 5.81. The van der Waals surface area contributed by atoms with Gasteiger partial charge in [-0.05, 0) is 24.3 Å². The first-order valence-electron chi connectivity index (χ1n) is 6.83. The van der Waals surface area contributed by atoms with E-state index in [9.17, 15) is 4.79 Å². The lowest BCUT2D eigenvalue weighted by Crippen LogP contribution is -2.29. The number of para-hydroxylation sites is 1. The second-order valence-electron chi connectivity index (χ2n) is 5.00. The smallest absolute Gasteiger partial charge is 0.252 e. The van der Waals surface area contributed by atoms with Gasteiger partial charge in [-0.25, -0.2) is 4.98 Å². The zero-order valence-corrected chi connectivity index (χ0v) is 13.7. The number of imidazole rings is 1. The lowest BCUT2D eigenvalue weighted by atomic mass is 10.1. The van der Waals surface area contributed by atoms with Crippen LogP contribution in [0.5, 0.6) is 0 Å². The van der Waals surface area contributed by atoms with Crippen molar-refractivity contribution in [2.24, 2.45) is 0 Å². The predicted octanol–water partition coefficient (Wildman–Crippen LogP) is 3.49. The molecule has 0 aliphatic rings. The van der Waals surface area contributed by atoms with E-state index in [-0.39, 0.29) is 0 Å². The number of fused-ring (bicyclic) bond motifs is 1. The molecule has 0 bridgehead atoms. The highest BCUT2D eigenvalue weighted by Crippen LogP contribution is 2.32. The number of benzene rings is 2. The van der Waals surface area contributed by atoms with E-state index < -0.39 is 12.5 Å². The highest BCUT2D eigenvalue weighted by atomic mass is 35.5. The monoisotopic (exact) mass is 349 g/mol. The van der Waals surface area contributed by atoms with Gasteiger partial charge in [0.15, 0.2) is 0 Å². The SMILES string of the molecule is CN(C(=O)CO)c1ccccc1-c1nc2cc(Cl)c(Cl)cc2[nH]1. The van der Waals surface area contributed by atoms with Gasteiger partial charge in [-0.1, -0.05) is 35.3 Å². The number of nitrogens with zero attached hydrogens (tertiary/aromatic N) is 2. The molecule has 0 spiro atoms. The van der Waals surface area contributed by atoms with Crippen molar-refractivity contribution in [3.63, 3.8) is 0 Å². The molecule has 0 aliphatic carbocycles. The van der Waals surface area contributed by atoms with Crippen molar-refractivity contribution >= 4 is 45.8 Å². The number of carbonyl (C=O) groups is 1. The fourth-order valence-electron chi connectivity index (χ4n) is 2.34. The highest BCUT2D eigenvalue weighted by molar-refractivity contribution is 6.42. The van der Waals surface area contributed by atoms with Crippen molar-refractivity contribution in [1.29, 1.82) is 0 Å². The number of aliphatic hydroxyl groups excluding tert-OH is 1. The Balaban J connectivity index is 2.14. The van der Waals surface area contributed by atoms with Gasteiger partial charge in [-0.2, -0.15) is 0 Å². The summed E-state index contributed by atoms with van der Waals surface area (Å²) in [6, 6.07) is 10.7. The van der Waals surface area contributed by atoms with Crippen LogP contribution in [-0.4, -0.2) is 34.6 Å². The number of halogens is 2. The van der Waals surface area contributed by atoms with E-state index in [0.717, 1.165) is 11.1 Å². The molecule has 1 aromatic heterocycles. The Morgan fingerprint density at radius 2 is 1.96 bits per heavy atom. The van der Waals surface area contributed by atoms with Crippen LogP contribution in [-0.2, 0) is 4.79 Å². The third-order valence-corrected chi connectivity index (χ3v) is 4.28. The van der Waals surface area contributed by atoms with Crippen LogP contribution in [0.2, 0.25) is 10.0 Å². The minimum atomic E-state index is -0.559. The standard InChI is InChI=1S/C16H13Cl2N3O2/c1-21(15(23)8-22)14-5-3-2-4-9(14)16-19-12-6-10(17)11(18)7-13(12)20-16/h2-7,22H,8H2,1H3,(H,19,20). The van der Waals surface area contributed by atoms with E-state index in [0.29, 0.717) is 27.1 Å². The maximum atomic E-state index is 11.8. The zero-order valence-electron chi connectivity index (χ0n) is 12.2. The summed E-state index contributed by atoms with van der Waals surface area (Å²) in [5.74, 6) is 0.186. The number of aromatic amines is 1. The Morgan fingerprint density at radius 1 is 1.26 bits per heavy atom. The lowest BCUT2D eigenvalue weighted by Gasteiger charge is -2.18. The molecule has 0 atom stereocenters. The van der Waals surface area contributed by atoms with E-state index in [1.54, 1.807) is 25.2 Å². The molecule has 2 N–H and O–H groups in total. The van der Waals surface area contributed by atoms with Crippen molar-refractivity contribution in [1.82, 2.24) is 9.97 Å². The Bertz CT molecular complexity index is 853. The minimum Gasteiger partial charge on any atom is -0.387 e. The summed E-state index contributed by atoms with van der Waals surface area (Å²) in [6.45, 7) is -0.559. The number of aromatic nitrogens is 2. The van der Waals surface area contributed by atoms with Crippen LogP contribution in [0.4, 0.5) is 5.69 Å². The van der Waals surface area contributed by atoms with Crippen molar-refractivity contribution in [3.05, 3.63) is 46.4 Å². The highest BCUT2D eigenvalue weighted by Gasteiger charge is 2.17. The largest absolute Gasteiger partial charge is 0.387 e. The number of rotatable bonds is 3. The van der Waals surface area contributed by atoms with Gasteiger partial charge >= 0.3 is 0 Å². The molecule has 23 heavy (non-hydrogen) atoms. The summed E-state index contributed by atoms with van der Waals surface area (Å²) >= 11 is 12.0. The van der Waals surface area contributed by atoms with Crippen LogP contribution < -0.4 is 4.90 Å². The zero-order chi connectivity index (χ0) is 16.6. The van der Waals surface area contributed by atoms with E-state index in [2.05, 4.69) is 9.97 Å².